The zero-order valence-corrected chi connectivity index (χ0v) is 12.5. The van der Waals surface area contributed by atoms with Crippen LogP contribution in [0.1, 0.15) is 58.4 Å². The summed E-state index contributed by atoms with van der Waals surface area (Å²) in [5, 5.41) is 3.65. The predicted molar refractivity (Wildman–Crippen MR) is 78.7 cm³/mol. The summed E-state index contributed by atoms with van der Waals surface area (Å²) in [5.74, 6) is 0.899. The highest BCUT2D eigenvalue weighted by Crippen LogP contribution is 2.40. The van der Waals surface area contributed by atoms with E-state index in [4.69, 9.17) is 0 Å². The minimum atomic E-state index is 0.512. The van der Waals surface area contributed by atoms with Gasteiger partial charge in [-0.05, 0) is 37.0 Å². The van der Waals surface area contributed by atoms with Crippen LogP contribution in [-0.4, -0.2) is 16.0 Å². The average molecular weight is 261 g/mol. The normalized spacial score (nSPS) is 24.4. The molecule has 3 nitrogen and oxygen atoms in total. The number of nitrogens with one attached hydrogen (secondary N) is 1. The SMILES string of the molecule is CCC(C)(C)C1CCC(NCc2cncnc2)CC1. The van der Waals surface area contributed by atoms with Crippen molar-refractivity contribution >= 4 is 0 Å². The van der Waals surface area contributed by atoms with Crippen LogP contribution in [0.2, 0.25) is 0 Å². The zero-order chi connectivity index (χ0) is 13.7. The summed E-state index contributed by atoms with van der Waals surface area (Å²) in [5.41, 5.74) is 1.69. The van der Waals surface area contributed by atoms with Crippen molar-refractivity contribution in [2.24, 2.45) is 11.3 Å². The Morgan fingerprint density at radius 3 is 2.37 bits per heavy atom. The van der Waals surface area contributed by atoms with Crippen LogP contribution in [0.4, 0.5) is 0 Å². The lowest BCUT2D eigenvalue weighted by Gasteiger charge is -2.39. The molecule has 3 heteroatoms. The van der Waals surface area contributed by atoms with Gasteiger partial charge >= 0.3 is 0 Å². The van der Waals surface area contributed by atoms with Crippen molar-refractivity contribution in [3.05, 3.63) is 24.3 Å². The second-order valence-corrected chi connectivity index (χ2v) is 6.52. The summed E-state index contributed by atoms with van der Waals surface area (Å²) >= 11 is 0. The van der Waals surface area contributed by atoms with Crippen molar-refractivity contribution in [2.45, 2.75) is 65.5 Å². The van der Waals surface area contributed by atoms with Crippen molar-refractivity contribution in [3.63, 3.8) is 0 Å². The Labute approximate surface area is 117 Å². The molecule has 0 bridgehead atoms. The maximum atomic E-state index is 4.05. The van der Waals surface area contributed by atoms with E-state index in [9.17, 15) is 0 Å². The molecule has 1 aromatic rings. The van der Waals surface area contributed by atoms with E-state index in [0.717, 1.165) is 12.5 Å². The molecule has 0 atom stereocenters. The van der Waals surface area contributed by atoms with Gasteiger partial charge in [-0.2, -0.15) is 0 Å². The summed E-state index contributed by atoms with van der Waals surface area (Å²) < 4.78 is 0. The van der Waals surface area contributed by atoms with Gasteiger partial charge in [0.15, 0.2) is 0 Å². The van der Waals surface area contributed by atoms with Crippen LogP contribution >= 0.6 is 0 Å². The molecule has 0 saturated heterocycles. The molecule has 0 amide bonds. The van der Waals surface area contributed by atoms with E-state index in [1.54, 1.807) is 6.33 Å². The van der Waals surface area contributed by atoms with Gasteiger partial charge in [0.2, 0.25) is 0 Å². The van der Waals surface area contributed by atoms with E-state index in [-0.39, 0.29) is 0 Å². The van der Waals surface area contributed by atoms with Gasteiger partial charge in [0.1, 0.15) is 6.33 Å². The van der Waals surface area contributed by atoms with Gasteiger partial charge in [0.05, 0.1) is 0 Å². The molecular formula is C16H27N3. The van der Waals surface area contributed by atoms with Gasteiger partial charge in [-0.25, -0.2) is 9.97 Å². The predicted octanol–water partition coefficient (Wildman–Crippen LogP) is 3.56. The first-order valence-electron chi connectivity index (χ1n) is 7.59. The lowest BCUT2D eigenvalue weighted by molar-refractivity contribution is 0.137. The van der Waals surface area contributed by atoms with E-state index >= 15 is 0 Å². The molecule has 19 heavy (non-hydrogen) atoms. The van der Waals surface area contributed by atoms with Gasteiger partial charge < -0.3 is 5.32 Å². The summed E-state index contributed by atoms with van der Waals surface area (Å²) in [7, 11) is 0. The van der Waals surface area contributed by atoms with Crippen molar-refractivity contribution in [1.29, 1.82) is 0 Å². The van der Waals surface area contributed by atoms with Gasteiger partial charge in [0.25, 0.3) is 0 Å². The summed E-state index contributed by atoms with van der Waals surface area (Å²) in [6, 6.07) is 0.670. The van der Waals surface area contributed by atoms with E-state index < -0.39 is 0 Å². The number of hydrogen-bond donors (Lipinski definition) is 1. The van der Waals surface area contributed by atoms with Crippen molar-refractivity contribution in [1.82, 2.24) is 15.3 Å². The van der Waals surface area contributed by atoms with Crippen LogP contribution < -0.4 is 5.32 Å². The average Bonchev–Trinajstić information content (AvgIpc) is 2.47. The van der Waals surface area contributed by atoms with Gasteiger partial charge in [-0.3, -0.25) is 0 Å². The van der Waals surface area contributed by atoms with Crippen molar-refractivity contribution in [2.75, 3.05) is 0 Å². The van der Waals surface area contributed by atoms with Crippen LogP contribution in [0, 0.1) is 11.3 Å². The minimum absolute atomic E-state index is 0.512. The first-order valence-corrected chi connectivity index (χ1v) is 7.59. The molecule has 0 spiro atoms. The highest BCUT2D eigenvalue weighted by atomic mass is 14.9. The molecule has 1 fully saturated rings. The number of nitrogens with zero attached hydrogens (tertiary/aromatic N) is 2. The Morgan fingerprint density at radius 2 is 1.79 bits per heavy atom. The van der Waals surface area contributed by atoms with Gasteiger partial charge in [0, 0.05) is 30.5 Å². The lowest BCUT2D eigenvalue weighted by Crippen LogP contribution is -2.36. The molecule has 1 heterocycles. The first kappa shape index (κ1) is 14.4. The summed E-state index contributed by atoms with van der Waals surface area (Å²) in [6.45, 7) is 8.06. The Hall–Kier alpha value is -0.960. The minimum Gasteiger partial charge on any atom is -0.310 e. The molecule has 1 N–H and O–H groups in total. The van der Waals surface area contributed by atoms with Gasteiger partial charge in [-0.15, -0.1) is 0 Å². The third-order valence-corrected chi connectivity index (χ3v) is 4.95. The zero-order valence-electron chi connectivity index (χ0n) is 12.5. The van der Waals surface area contributed by atoms with Crippen molar-refractivity contribution < 1.29 is 0 Å². The topological polar surface area (TPSA) is 37.8 Å². The standard InChI is InChI=1S/C16H27N3/c1-4-16(2,3)14-5-7-15(8-6-14)19-11-13-9-17-12-18-10-13/h9-10,12,14-15,19H,4-8,11H2,1-3H3. The van der Waals surface area contributed by atoms with Crippen LogP contribution in [0.15, 0.2) is 18.7 Å². The Bertz CT molecular complexity index is 367. The second kappa shape index (κ2) is 6.47. The molecule has 0 aliphatic heterocycles. The highest BCUT2D eigenvalue weighted by molar-refractivity contribution is 5.02. The third-order valence-electron chi connectivity index (χ3n) is 4.95. The lowest BCUT2D eigenvalue weighted by atomic mass is 9.69. The maximum absolute atomic E-state index is 4.05. The van der Waals surface area contributed by atoms with E-state index in [2.05, 4.69) is 36.1 Å². The Kier molecular flexibility index (Phi) is 4.92. The van der Waals surface area contributed by atoms with Crippen molar-refractivity contribution in [3.8, 4) is 0 Å². The number of aromatic nitrogens is 2. The highest BCUT2D eigenvalue weighted by Gasteiger charge is 2.31. The summed E-state index contributed by atoms with van der Waals surface area (Å²) in [4.78, 5) is 8.11. The molecule has 0 aromatic carbocycles. The molecule has 2 rings (SSSR count). The molecule has 0 radical (unpaired) electrons. The quantitative estimate of drug-likeness (QED) is 0.880. The Morgan fingerprint density at radius 1 is 1.16 bits per heavy atom. The molecular weight excluding hydrogens is 234 g/mol. The fourth-order valence-corrected chi connectivity index (χ4v) is 3.05. The van der Waals surface area contributed by atoms with Crippen LogP contribution in [-0.2, 0) is 6.54 Å². The first-order chi connectivity index (χ1) is 9.12. The molecule has 1 aliphatic carbocycles. The van der Waals surface area contributed by atoms with E-state index in [1.165, 1.54) is 37.7 Å². The summed E-state index contributed by atoms with van der Waals surface area (Å²) in [6.07, 6.45) is 12.0. The third kappa shape index (κ3) is 4.00. The number of rotatable bonds is 5. The Balaban J connectivity index is 1.75. The van der Waals surface area contributed by atoms with Crippen LogP contribution in [0.25, 0.3) is 0 Å². The second-order valence-electron chi connectivity index (χ2n) is 6.52. The fraction of sp³-hybridized carbons (Fsp3) is 0.750. The fourth-order valence-electron chi connectivity index (χ4n) is 3.05. The largest absolute Gasteiger partial charge is 0.310 e. The monoisotopic (exact) mass is 261 g/mol. The van der Waals surface area contributed by atoms with Gasteiger partial charge in [-0.1, -0.05) is 27.2 Å². The molecule has 1 aliphatic rings. The molecule has 1 aromatic heterocycles. The maximum Gasteiger partial charge on any atom is 0.115 e. The van der Waals surface area contributed by atoms with E-state index in [0.29, 0.717) is 11.5 Å². The number of hydrogen-bond acceptors (Lipinski definition) is 3. The van der Waals surface area contributed by atoms with Crippen LogP contribution in [0.3, 0.4) is 0 Å². The van der Waals surface area contributed by atoms with Crippen LogP contribution in [0.5, 0.6) is 0 Å². The van der Waals surface area contributed by atoms with E-state index in [1.807, 2.05) is 12.4 Å². The molecule has 106 valence electrons. The molecule has 1 saturated carbocycles. The smallest absolute Gasteiger partial charge is 0.115 e. The molecule has 0 unspecified atom stereocenters.